The lowest BCUT2D eigenvalue weighted by molar-refractivity contribution is -0.137. The van der Waals surface area contributed by atoms with Crippen LogP contribution in [0.1, 0.15) is 11.1 Å². The molecule has 0 bridgehead atoms. The third kappa shape index (κ3) is 5.68. The van der Waals surface area contributed by atoms with Crippen LogP contribution in [0.3, 0.4) is 0 Å². The summed E-state index contributed by atoms with van der Waals surface area (Å²) in [5.74, 6) is -0.529. The minimum Gasteiger partial charge on any atom is -0.368 e. The van der Waals surface area contributed by atoms with E-state index >= 15 is 0 Å². The van der Waals surface area contributed by atoms with Crippen LogP contribution in [-0.4, -0.2) is 49.4 Å². The van der Waals surface area contributed by atoms with E-state index in [2.05, 4.69) is 4.90 Å². The maximum atomic E-state index is 13.5. The predicted octanol–water partition coefficient (Wildman–Crippen LogP) is 6.19. The molecule has 3 aromatic carbocycles. The number of anilines is 2. The number of hydrogen-bond donors (Lipinski definition) is 0. The van der Waals surface area contributed by atoms with E-state index in [0.29, 0.717) is 47.4 Å². The van der Waals surface area contributed by atoms with Crippen LogP contribution in [0.4, 0.5) is 24.5 Å². The van der Waals surface area contributed by atoms with Crippen molar-refractivity contribution in [1.29, 1.82) is 0 Å². The van der Waals surface area contributed by atoms with Crippen LogP contribution >= 0.6 is 23.4 Å². The second-order valence-corrected chi connectivity index (χ2v) is 10.5. The smallest absolute Gasteiger partial charge is 0.368 e. The van der Waals surface area contributed by atoms with Gasteiger partial charge in [0.25, 0.3) is 5.91 Å². The average molecular weight is 558 g/mol. The summed E-state index contributed by atoms with van der Waals surface area (Å²) in [6.45, 7) is 2.19. The topological polar surface area (TPSA) is 43.9 Å². The third-order valence-corrected chi connectivity index (χ3v) is 7.78. The number of alkyl halides is 3. The summed E-state index contributed by atoms with van der Waals surface area (Å²) in [5, 5.41) is 0.654. The van der Waals surface area contributed by atoms with E-state index < -0.39 is 11.7 Å². The SMILES string of the molecule is O=C(CN1C(=O)/C(=C\c2ccc(C(F)(F)F)cc2)Sc2ccccc21)N1CCN(c2cccc(Cl)c2)CC1. The van der Waals surface area contributed by atoms with Crippen molar-refractivity contribution in [2.24, 2.45) is 0 Å². The number of piperazine rings is 1. The number of carbonyl (C=O) groups is 2. The Bertz CT molecular complexity index is 1390. The van der Waals surface area contributed by atoms with Gasteiger partial charge in [-0.05, 0) is 54.1 Å². The van der Waals surface area contributed by atoms with Crippen LogP contribution in [0.25, 0.3) is 6.08 Å². The number of hydrogen-bond acceptors (Lipinski definition) is 4. The minimum absolute atomic E-state index is 0.127. The molecule has 0 N–H and O–H groups in total. The molecule has 5 rings (SSSR count). The first-order valence-electron chi connectivity index (χ1n) is 11.9. The zero-order valence-corrected chi connectivity index (χ0v) is 21.7. The average Bonchev–Trinajstić information content (AvgIpc) is 2.91. The summed E-state index contributed by atoms with van der Waals surface area (Å²) < 4.78 is 38.8. The van der Waals surface area contributed by atoms with Gasteiger partial charge < -0.3 is 9.80 Å². The monoisotopic (exact) mass is 557 g/mol. The molecule has 0 atom stereocenters. The summed E-state index contributed by atoms with van der Waals surface area (Å²) in [4.78, 5) is 33.2. The quantitative estimate of drug-likeness (QED) is 0.359. The highest BCUT2D eigenvalue weighted by atomic mass is 35.5. The van der Waals surface area contributed by atoms with Crippen LogP contribution in [0.2, 0.25) is 5.02 Å². The van der Waals surface area contributed by atoms with Crippen LogP contribution < -0.4 is 9.80 Å². The highest BCUT2D eigenvalue weighted by molar-refractivity contribution is 8.04. The van der Waals surface area contributed by atoms with Crippen molar-refractivity contribution >= 4 is 52.6 Å². The number of halogens is 4. The lowest BCUT2D eigenvalue weighted by Crippen LogP contribution is -2.52. The molecule has 0 aromatic heterocycles. The molecule has 38 heavy (non-hydrogen) atoms. The molecule has 1 saturated heterocycles. The summed E-state index contributed by atoms with van der Waals surface area (Å²) in [7, 11) is 0. The number of para-hydroxylation sites is 1. The Morgan fingerprint density at radius 2 is 1.66 bits per heavy atom. The highest BCUT2D eigenvalue weighted by Gasteiger charge is 2.33. The van der Waals surface area contributed by atoms with Crippen LogP contribution in [-0.2, 0) is 15.8 Å². The molecule has 196 valence electrons. The molecular weight excluding hydrogens is 535 g/mol. The Morgan fingerprint density at radius 1 is 0.947 bits per heavy atom. The molecule has 0 radical (unpaired) electrons. The first-order valence-corrected chi connectivity index (χ1v) is 13.1. The molecule has 0 aliphatic carbocycles. The van der Waals surface area contributed by atoms with Gasteiger partial charge in [0, 0.05) is 41.8 Å². The summed E-state index contributed by atoms with van der Waals surface area (Å²) in [6.07, 6.45) is -2.87. The number of benzene rings is 3. The number of amides is 2. The normalized spacial score (nSPS) is 17.1. The molecule has 3 aromatic rings. The molecule has 2 aliphatic heterocycles. The van der Waals surface area contributed by atoms with Gasteiger partial charge in [-0.2, -0.15) is 13.2 Å². The van der Waals surface area contributed by atoms with Gasteiger partial charge in [-0.3, -0.25) is 14.5 Å². The Balaban J connectivity index is 1.31. The Labute approximate surface area is 227 Å². The fraction of sp³-hybridized carbons (Fsp3) is 0.214. The maximum Gasteiger partial charge on any atom is 0.416 e. The molecule has 2 heterocycles. The Morgan fingerprint density at radius 3 is 2.34 bits per heavy atom. The second-order valence-electron chi connectivity index (χ2n) is 8.94. The summed E-state index contributed by atoms with van der Waals surface area (Å²) in [6, 6.07) is 19.5. The van der Waals surface area contributed by atoms with Crippen molar-refractivity contribution in [1.82, 2.24) is 4.90 Å². The Hall–Kier alpha value is -3.43. The zero-order valence-electron chi connectivity index (χ0n) is 20.1. The van der Waals surface area contributed by atoms with E-state index in [9.17, 15) is 22.8 Å². The van der Waals surface area contributed by atoms with E-state index in [1.54, 1.807) is 23.1 Å². The third-order valence-electron chi connectivity index (χ3n) is 6.47. The number of carbonyl (C=O) groups excluding carboxylic acids is 2. The van der Waals surface area contributed by atoms with E-state index in [1.165, 1.54) is 28.8 Å². The number of nitrogens with zero attached hydrogens (tertiary/aromatic N) is 3. The van der Waals surface area contributed by atoms with Crippen molar-refractivity contribution in [3.63, 3.8) is 0 Å². The lowest BCUT2D eigenvalue weighted by atomic mass is 10.1. The second kappa shape index (κ2) is 10.7. The van der Waals surface area contributed by atoms with Crippen molar-refractivity contribution in [3.8, 4) is 0 Å². The number of thioether (sulfide) groups is 1. The standard InChI is InChI=1S/C28H23ClF3N3O2S/c29-21-4-3-5-22(17-21)33-12-14-34(15-13-33)26(36)18-35-23-6-1-2-7-24(23)38-25(27(35)37)16-19-8-10-20(11-9-19)28(30,31)32/h1-11,16-17H,12-15,18H2/b25-16+. The van der Waals surface area contributed by atoms with Gasteiger partial charge in [0.1, 0.15) is 6.54 Å². The molecule has 0 saturated carbocycles. The molecule has 0 spiro atoms. The predicted molar refractivity (Wildman–Crippen MR) is 144 cm³/mol. The van der Waals surface area contributed by atoms with E-state index in [0.717, 1.165) is 22.7 Å². The lowest BCUT2D eigenvalue weighted by Gasteiger charge is -2.37. The minimum atomic E-state index is -4.43. The van der Waals surface area contributed by atoms with Gasteiger partial charge in [0.05, 0.1) is 16.2 Å². The molecule has 1 fully saturated rings. The van der Waals surface area contributed by atoms with Crippen LogP contribution in [0, 0.1) is 0 Å². The van der Waals surface area contributed by atoms with E-state index in [-0.39, 0.29) is 18.4 Å². The maximum absolute atomic E-state index is 13.5. The molecular formula is C28H23ClF3N3O2S. The highest BCUT2D eigenvalue weighted by Crippen LogP contribution is 2.42. The number of fused-ring (bicyclic) bond motifs is 1. The number of rotatable bonds is 4. The van der Waals surface area contributed by atoms with Gasteiger partial charge in [-0.1, -0.05) is 53.7 Å². The molecule has 10 heteroatoms. The van der Waals surface area contributed by atoms with Crippen molar-refractivity contribution < 1.29 is 22.8 Å². The van der Waals surface area contributed by atoms with Crippen molar-refractivity contribution in [2.45, 2.75) is 11.1 Å². The molecule has 0 unspecified atom stereocenters. The van der Waals surface area contributed by atoms with Crippen molar-refractivity contribution in [3.05, 3.63) is 93.9 Å². The van der Waals surface area contributed by atoms with E-state index in [1.807, 2.05) is 36.4 Å². The summed E-state index contributed by atoms with van der Waals surface area (Å²) in [5.41, 5.74) is 1.35. The van der Waals surface area contributed by atoms with Gasteiger partial charge >= 0.3 is 6.18 Å². The van der Waals surface area contributed by atoms with Crippen LogP contribution in [0.5, 0.6) is 0 Å². The fourth-order valence-corrected chi connectivity index (χ4v) is 5.70. The van der Waals surface area contributed by atoms with Gasteiger partial charge in [-0.25, -0.2) is 0 Å². The largest absolute Gasteiger partial charge is 0.416 e. The van der Waals surface area contributed by atoms with Gasteiger partial charge in [-0.15, -0.1) is 0 Å². The van der Waals surface area contributed by atoms with Gasteiger partial charge in [0.2, 0.25) is 5.91 Å². The first-order chi connectivity index (χ1) is 18.2. The summed E-state index contributed by atoms with van der Waals surface area (Å²) >= 11 is 7.35. The van der Waals surface area contributed by atoms with Crippen molar-refractivity contribution in [2.75, 3.05) is 42.5 Å². The molecule has 5 nitrogen and oxygen atoms in total. The van der Waals surface area contributed by atoms with Crippen LogP contribution in [0.15, 0.2) is 82.6 Å². The van der Waals surface area contributed by atoms with Gasteiger partial charge in [0.15, 0.2) is 0 Å². The molecule has 2 aliphatic rings. The fourth-order valence-electron chi connectivity index (χ4n) is 4.46. The zero-order chi connectivity index (χ0) is 26.9. The Kier molecular flexibility index (Phi) is 7.40. The van der Waals surface area contributed by atoms with E-state index in [4.69, 9.17) is 11.6 Å². The first kappa shape index (κ1) is 26.2. The molecule has 2 amide bonds.